The highest BCUT2D eigenvalue weighted by Crippen LogP contribution is 2.67. The summed E-state index contributed by atoms with van der Waals surface area (Å²) in [4.78, 5) is 11.9. The Morgan fingerprint density at radius 3 is 2.56 bits per heavy atom. The molecule has 3 saturated carbocycles. The number of carbonyl (C=O) groups excluding carboxylic acids is 1. The van der Waals surface area contributed by atoms with Gasteiger partial charge in [0.05, 0.1) is 0 Å². The van der Waals surface area contributed by atoms with Crippen LogP contribution >= 0.6 is 0 Å². The molecule has 4 aliphatic carbocycles. The van der Waals surface area contributed by atoms with E-state index in [0.29, 0.717) is 17.3 Å². The van der Waals surface area contributed by atoms with Crippen LogP contribution in [0.25, 0.3) is 0 Å². The molecule has 0 aliphatic heterocycles. The third-order valence-electron chi connectivity index (χ3n) is 10.8. The van der Waals surface area contributed by atoms with Crippen LogP contribution in [0.5, 0.6) is 0 Å². The number of carbonyl (C=O) groups is 1. The molecule has 4 rings (SSSR count). The number of hydrogen-bond acceptors (Lipinski definition) is 2. The molecule has 0 saturated heterocycles. The van der Waals surface area contributed by atoms with Crippen LogP contribution in [0.4, 0.5) is 0 Å². The Hall–Kier alpha value is -0.790. The molecule has 4 aliphatic rings. The highest BCUT2D eigenvalue weighted by molar-refractivity contribution is 5.69. The van der Waals surface area contributed by atoms with Crippen molar-refractivity contribution >= 4 is 5.97 Å². The molecule has 0 aromatic rings. The predicted molar refractivity (Wildman–Crippen MR) is 133 cm³/mol. The fourth-order valence-electron chi connectivity index (χ4n) is 9.02. The van der Waals surface area contributed by atoms with Gasteiger partial charge >= 0.3 is 5.97 Å². The van der Waals surface area contributed by atoms with Crippen LogP contribution in [-0.4, -0.2) is 12.1 Å². The first-order valence-corrected chi connectivity index (χ1v) is 14.1. The van der Waals surface area contributed by atoms with Crippen molar-refractivity contribution in [2.24, 2.45) is 46.3 Å². The molecule has 0 spiro atoms. The molecule has 0 heterocycles. The Kier molecular flexibility index (Phi) is 7.19. The van der Waals surface area contributed by atoms with Gasteiger partial charge in [0, 0.05) is 12.8 Å². The zero-order valence-corrected chi connectivity index (χ0v) is 21.9. The van der Waals surface area contributed by atoms with E-state index < -0.39 is 0 Å². The maximum Gasteiger partial charge on any atom is 0.305 e. The first-order chi connectivity index (χ1) is 15.2. The van der Waals surface area contributed by atoms with Crippen LogP contribution in [-0.2, 0) is 9.53 Å². The monoisotopic (exact) mass is 442 g/mol. The molecule has 3 fully saturated rings. The van der Waals surface area contributed by atoms with Gasteiger partial charge in [-0.2, -0.15) is 0 Å². The number of esters is 1. The fourth-order valence-corrected chi connectivity index (χ4v) is 9.02. The molecule has 0 bridgehead atoms. The van der Waals surface area contributed by atoms with Crippen molar-refractivity contribution in [3.8, 4) is 0 Å². The molecule has 2 heteroatoms. The van der Waals surface area contributed by atoms with E-state index in [4.69, 9.17) is 4.74 Å². The quantitative estimate of drug-likeness (QED) is 0.292. The van der Waals surface area contributed by atoms with Crippen molar-refractivity contribution < 1.29 is 9.53 Å². The molecular weight excluding hydrogens is 392 g/mol. The van der Waals surface area contributed by atoms with Crippen LogP contribution in [0.15, 0.2) is 11.6 Å². The van der Waals surface area contributed by atoms with Gasteiger partial charge in [0.25, 0.3) is 0 Å². The number of allylic oxidation sites excluding steroid dienone is 1. The summed E-state index contributed by atoms with van der Waals surface area (Å²) >= 11 is 0. The van der Waals surface area contributed by atoms with Crippen molar-refractivity contribution in [1.82, 2.24) is 0 Å². The lowest BCUT2D eigenvalue weighted by atomic mass is 9.47. The van der Waals surface area contributed by atoms with Crippen LogP contribution in [0.2, 0.25) is 0 Å². The average molecular weight is 443 g/mol. The molecule has 0 unspecified atom stereocenters. The summed E-state index contributed by atoms with van der Waals surface area (Å²) < 4.78 is 5.76. The van der Waals surface area contributed by atoms with Crippen molar-refractivity contribution in [1.29, 1.82) is 0 Å². The minimum Gasteiger partial charge on any atom is -0.462 e. The van der Waals surface area contributed by atoms with E-state index >= 15 is 0 Å². The Morgan fingerprint density at radius 1 is 1.06 bits per heavy atom. The van der Waals surface area contributed by atoms with Gasteiger partial charge in [-0.05, 0) is 91.3 Å². The number of rotatable bonds is 7. The van der Waals surface area contributed by atoms with E-state index in [1.165, 1.54) is 57.8 Å². The highest BCUT2D eigenvalue weighted by Gasteiger charge is 2.59. The van der Waals surface area contributed by atoms with Crippen LogP contribution in [0.3, 0.4) is 0 Å². The third kappa shape index (κ3) is 4.34. The molecule has 2 nitrogen and oxygen atoms in total. The molecule has 8 atom stereocenters. The minimum atomic E-state index is -0.0270. The van der Waals surface area contributed by atoms with E-state index in [0.717, 1.165) is 48.3 Å². The van der Waals surface area contributed by atoms with Crippen LogP contribution < -0.4 is 0 Å². The molecule has 0 amide bonds. The highest BCUT2D eigenvalue weighted by atomic mass is 16.5. The summed E-state index contributed by atoms with van der Waals surface area (Å²) in [5.74, 6) is 5.28. The van der Waals surface area contributed by atoms with E-state index in [9.17, 15) is 4.79 Å². The first kappa shape index (κ1) is 24.3. The van der Waals surface area contributed by atoms with Gasteiger partial charge in [-0.1, -0.05) is 72.5 Å². The molecule has 0 aromatic carbocycles. The van der Waals surface area contributed by atoms with Crippen LogP contribution in [0, 0.1) is 46.3 Å². The second kappa shape index (κ2) is 9.46. The van der Waals surface area contributed by atoms with Gasteiger partial charge in [-0.25, -0.2) is 0 Å². The van der Waals surface area contributed by atoms with Gasteiger partial charge in [-0.3, -0.25) is 4.79 Å². The average Bonchev–Trinajstić information content (AvgIpc) is 3.11. The van der Waals surface area contributed by atoms with Gasteiger partial charge in [0.15, 0.2) is 0 Å². The van der Waals surface area contributed by atoms with E-state index in [-0.39, 0.29) is 12.1 Å². The van der Waals surface area contributed by atoms with E-state index in [2.05, 4.69) is 40.7 Å². The lowest BCUT2D eigenvalue weighted by Gasteiger charge is -2.58. The van der Waals surface area contributed by atoms with Crippen molar-refractivity contribution in [2.75, 3.05) is 0 Å². The topological polar surface area (TPSA) is 26.3 Å². The lowest BCUT2D eigenvalue weighted by molar-refractivity contribution is -0.151. The zero-order valence-electron chi connectivity index (χ0n) is 21.9. The van der Waals surface area contributed by atoms with Crippen molar-refractivity contribution in [3.63, 3.8) is 0 Å². The summed E-state index contributed by atoms with van der Waals surface area (Å²) in [6.07, 6.45) is 17.8. The Morgan fingerprint density at radius 2 is 1.84 bits per heavy atom. The van der Waals surface area contributed by atoms with Gasteiger partial charge in [0.1, 0.15) is 6.10 Å². The molecule has 182 valence electrons. The summed E-state index contributed by atoms with van der Waals surface area (Å²) in [7, 11) is 0. The van der Waals surface area contributed by atoms with Gasteiger partial charge < -0.3 is 4.74 Å². The smallest absolute Gasteiger partial charge is 0.305 e. The van der Waals surface area contributed by atoms with Crippen molar-refractivity contribution in [2.45, 2.75) is 125 Å². The normalized spacial score (nSPS) is 42.0. The minimum absolute atomic E-state index is 0.0270. The Bertz CT molecular complexity index is 708. The molecule has 0 radical (unpaired) electrons. The van der Waals surface area contributed by atoms with E-state index in [1.807, 2.05) is 6.92 Å². The zero-order chi connectivity index (χ0) is 23.1. The summed E-state index contributed by atoms with van der Waals surface area (Å²) in [5, 5.41) is 0. The Labute approximate surface area is 198 Å². The fraction of sp³-hybridized carbons (Fsp3) is 0.900. The lowest BCUT2D eigenvalue weighted by Crippen LogP contribution is -2.51. The number of ether oxygens (including phenoxy) is 1. The first-order valence-electron chi connectivity index (χ1n) is 14.1. The number of fused-ring (bicyclic) bond motifs is 5. The predicted octanol–water partition coefficient (Wildman–Crippen LogP) is 8.35. The third-order valence-corrected chi connectivity index (χ3v) is 10.8. The maximum atomic E-state index is 11.9. The van der Waals surface area contributed by atoms with Crippen molar-refractivity contribution in [3.05, 3.63) is 11.6 Å². The number of hydrogen-bond donors (Lipinski definition) is 0. The second-order valence-corrected chi connectivity index (χ2v) is 13.0. The second-order valence-electron chi connectivity index (χ2n) is 13.0. The van der Waals surface area contributed by atoms with E-state index in [1.54, 1.807) is 5.57 Å². The summed E-state index contributed by atoms with van der Waals surface area (Å²) in [5.41, 5.74) is 2.54. The molecule has 0 aromatic heterocycles. The standard InChI is InChI=1S/C30H50O2/c1-7-28(31)32-23-15-17-29(5)22(19-23)11-12-24-26-14-13-25(21(4)10-8-9-20(2)3)30(26,6)18-16-27(24)29/h11,20-21,23-27H,7-10,12-19H2,1-6H3/t21-,23-,24+,25-,26-,27-,29+,30-/m1/s1. The van der Waals surface area contributed by atoms with Gasteiger partial charge in [-0.15, -0.1) is 0 Å². The SMILES string of the molecule is CCC(=O)O[C@@H]1CC[C@@]2(C)C(=CC[C@H]3[C@H]4CC[C@H]([C@H](C)CCCC(C)C)[C@@]4(C)CC[C@H]32)C1. The molecule has 32 heavy (non-hydrogen) atoms. The van der Waals surface area contributed by atoms with Crippen LogP contribution in [0.1, 0.15) is 119 Å². The molecular formula is C30H50O2. The summed E-state index contributed by atoms with van der Waals surface area (Å²) in [6, 6.07) is 0. The maximum absolute atomic E-state index is 11.9. The van der Waals surface area contributed by atoms with Gasteiger partial charge in [0.2, 0.25) is 0 Å². The Balaban J connectivity index is 1.45. The molecule has 0 N–H and O–H groups in total. The largest absolute Gasteiger partial charge is 0.462 e. The summed E-state index contributed by atoms with van der Waals surface area (Å²) in [6.45, 7) is 14.5.